The molecule has 0 unspecified atom stereocenters. The van der Waals surface area contributed by atoms with Crippen molar-refractivity contribution >= 4 is 45.3 Å². The van der Waals surface area contributed by atoms with E-state index in [4.69, 9.17) is 10.5 Å². The summed E-state index contributed by atoms with van der Waals surface area (Å²) in [6, 6.07) is 14.5. The Kier molecular flexibility index (Phi) is 4.50. The third-order valence-electron chi connectivity index (χ3n) is 3.54. The molecule has 0 spiro atoms. The van der Waals surface area contributed by atoms with Gasteiger partial charge in [0.15, 0.2) is 0 Å². The smallest absolute Gasteiger partial charge is 0.0642 e. The van der Waals surface area contributed by atoms with Crippen molar-refractivity contribution in [1.82, 2.24) is 0 Å². The van der Waals surface area contributed by atoms with Crippen LogP contribution in [0.1, 0.15) is 0 Å². The topological polar surface area (TPSA) is 50.5 Å². The molecule has 0 radical (unpaired) electrons. The first-order valence-electron chi connectivity index (χ1n) is 6.97. The summed E-state index contributed by atoms with van der Waals surface area (Å²) in [5.74, 6) is 0. The van der Waals surface area contributed by atoms with Crippen molar-refractivity contribution in [3.8, 4) is 0 Å². The standard InChI is InChI=1S/C16H18IN3O/c17-12-1-6-16(15(18)11-12)19-13-2-4-14(5-3-13)20-7-9-21-10-8-20/h1-6,11,19H,7-10,18H2. The van der Waals surface area contributed by atoms with E-state index in [1.54, 1.807) is 0 Å². The van der Waals surface area contributed by atoms with Crippen molar-refractivity contribution in [2.75, 3.05) is 42.3 Å². The van der Waals surface area contributed by atoms with Gasteiger partial charge in [0.05, 0.1) is 24.6 Å². The summed E-state index contributed by atoms with van der Waals surface area (Å²) in [5, 5.41) is 3.36. The average molecular weight is 395 g/mol. The van der Waals surface area contributed by atoms with Gasteiger partial charge in [0.25, 0.3) is 0 Å². The summed E-state index contributed by atoms with van der Waals surface area (Å²) in [6.07, 6.45) is 0. The number of nitrogens with two attached hydrogens (primary N) is 1. The van der Waals surface area contributed by atoms with E-state index in [0.29, 0.717) is 0 Å². The van der Waals surface area contributed by atoms with Gasteiger partial charge in [0.2, 0.25) is 0 Å². The van der Waals surface area contributed by atoms with Crippen LogP contribution in [0.25, 0.3) is 0 Å². The molecule has 2 aromatic rings. The molecule has 0 aliphatic carbocycles. The number of halogens is 1. The zero-order valence-corrected chi connectivity index (χ0v) is 13.8. The number of hydrogen-bond donors (Lipinski definition) is 2. The van der Waals surface area contributed by atoms with E-state index in [-0.39, 0.29) is 0 Å². The second-order valence-corrected chi connectivity index (χ2v) is 6.25. The third-order valence-corrected chi connectivity index (χ3v) is 4.21. The summed E-state index contributed by atoms with van der Waals surface area (Å²) in [6.45, 7) is 3.52. The van der Waals surface area contributed by atoms with Crippen LogP contribution >= 0.6 is 22.6 Å². The first-order chi connectivity index (χ1) is 10.2. The van der Waals surface area contributed by atoms with Crippen LogP contribution < -0.4 is 16.0 Å². The normalized spacial score (nSPS) is 15.0. The van der Waals surface area contributed by atoms with Crippen molar-refractivity contribution in [3.05, 3.63) is 46.0 Å². The van der Waals surface area contributed by atoms with E-state index in [0.717, 1.165) is 46.9 Å². The molecule has 1 saturated heterocycles. The third kappa shape index (κ3) is 3.59. The number of morpholine rings is 1. The SMILES string of the molecule is Nc1cc(I)ccc1Nc1ccc(N2CCOCC2)cc1. The minimum absolute atomic E-state index is 0.763. The van der Waals surface area contributed by atoms with Crippen LogP contribution in [0, 0.1) is 3.57 Å². The molecule has 0 amide bonds. The van der Waals surface area contributed by atoms with E-state index >= 15 is 0 Å². The Morgan fingerprint density at radius 2 is 1.76 bits per heavy atom. The zero-order chi connectivity index (χ0) is 14.7. The Bertz CT molecular complexity index is 609. The maximum atomic E-state index is 6.03. The quantitative estimate of drug-likeness (QED) is 0.618. The van der Waals surface area contributed by atoms with E-state index < -0.39 is 0 Å². The molecule has 5 heteroatoms. The highest BCUT2D eigenvalue weighted by Gasteiger charge is 2.10. The summed E-state index contributed by atoms with van der Waals surface area (Å²) < 4.78 is 6.52. The highest BCUT2D eigenvalue weighted by molar-refractivity contribution is 14.1. The fourth-order valence-corrected chi connectivity index (χ4v) is 2.90. The molecule has 3 rings (SSSR count). The van der Waals surface area contributed by atoms with Gasteiger partial charge in [-0.15, -0.1) is 0 Å². The average Bonchev–Trinajstić information content (AvgIpc) is 2.52. The fourth-order valence-electron chi connectivity index (χ4n) is 2.38. The number of hydrogen-bond acceptors (Lipinski definition) is 4. The summed E-state index contributed by atoms with van der Waals surface area (Å²) in [7, 11) is 0. The van der Waals surface area contributed by atoms with Gasteiger partial charge in [0, 0.05) is 28.0 Å². The van der Waals surface area contributed by atoms with E-state index in [2.05, 4.69) is 57.1 Å². The highest BCUT2D eigenvalue weighted by atomic mass is 127. The van der Waals surface area contributed by atoms with Crippen LogP contribution in [0.4, 0.5) is 22.7 Å². The van der Waals surface area contributed by atoms with Gasteiger partial charge in [-0.25, -0.2) is 0 Å². The number of rotatable bonds is 3. The van der Waals surface area contributed by atoms with Gasteiger partial charge in [-0.1, -0.05) is 0 Å². The van der Waals surface area contributed by atoms with Crippen molar-refractivity contribution < 1.29 is 4.74 Å². The van der Waals surface area contributed by atoms with Gasteiger partial charge < -0.3 is 20.7 Å². The number of benzene rings is 2. The fraction of sp³-hybridized carbons (Fsp3) is 0.250. The molecule has 1 aliphatic heterocycles. The molecular weight excluding hydrogens is 377 g/mol. The van der Waals surface area contributed by atoms with E-state index in [1.807, 2.05) is 18.2 Å². The van der Waals surface area contributed by atoms with Gasteiger partial charge >= 0.3 is 0 Å². The van der Waals surface area contributed by atoms with Crippen LogP contribution in [0.15, 0.2) is 42.5 Å². The lowest BCUT2D eigenvalue weighted by atomic mass is 10.2. The lowest BCUT2D eigenvalue weighted by Gasteiger charge is -2.29. The first-order valence-corrected chi connectivity index (χ1v) is 8.05. The maximum Gasteiger partial charge on any atom is 0.0642 e. The Morgan fingerprint density at radius 1 is 1.05 bits per heavy atom. The predicted molar refractivity (Wildman–Crippen MR) is 96.3 cm³/mol. The summed E-state index contributed by atoms with van der Waals surface area (Å²) in [4.78, 5) is 2.34. The molecule has 0 aromatic heterocycles. The molecular formula is C16H18IN3O. The number of nitrogen functional groups attached to an aromatic ring is 1. The number of nitrogens with one attached hydrogen (secondary N) is 1. The molecule has 0 atom stereocenters. The van der Waals surface area contributed by atoms with Crippen LogP contribution in [0.3, 0.4) is 0 Å². The Labute approximate surface area is 138 Å². The highest BCUT2D eigenvalue weighted by Crippen LogP contribution is 2.26. The second-order valence-electron chi connectivity index (χ2n) is 5.00. The predicted octanol–water partition coefficient (Wildman–Crippen LogP) is 3.45. The lowest BCUT2D eigenvalue weighted by molar-refractivity contribution is 0.122. The van der Waals surface area contributed by atoms with Crippen molar-refractivity contribution in [3.63, 3.8) is 0 Å². The summed E-state index contributed by atoms with van der Waals surface area (Å²) >= 11 is 2.26. The Balaban J connectivity index is 1.71. The molecule has 21 heavy (non-hydrogen) atoms. The summed E-state index contributed by atoms with van der Waals surface area (Å²) in [5.41, 5.74) is 10.0. The van der Waals surface area contributed by atoms with Crippen LogP contribution in [0.2, 0.25) is 0 Å². The molecule has 0 saturated carbocycles. The molecule has 110 valence electrons. The number of anilines is 4. The van der Waals surface area contributed by atoms with Crippen molar-refractivity contribution in [1.29, 1.82) is 0 Å². The largest absolute Gasteiger partial charge is 0.397 e. The van der Waals surface area contributed by atoms with Gasteiger partial charge in [0.1, 0.15) is 0 Å². The first kappa shape index (κ1) is 14.5. The zero-order valence-electron chi connectivity index (χ0n) is 11.7. The maximum absolute atomic E-state index is 6.03. The lowest BCUT2D eigenvalue weighted by Crippen LogP contribution is -2.36. The molecule has 1 aliphatic rings. The Morgan fingerprint density at radius 3 is 2.43 bits per heavy atom. The molecule has 1 heterocycles. The van der Waals surface area contributed by atoms with Gasteiger partial charge in [-0.2, -0.15) is 0 Å². The minimum Gasteiger partial charge on any atom is -0.397 e. The second kappa shape index (κ2) is 6.53. The van der Waals surface area contributed by atoms with Crippen LogP contribution in [-0.4, -0.2) is 26.3 Å². The number of ether oxygens (including phenoxy) is 1. The molecule has 0 bridgehead atoms. The Hall–Kier alpha value is -1.47. The molecule has 1 fully saturated rings. The monoisotopic (exact) mass is 395 g/mol. The van der Waals surface area contributed by atoms with Crippen molar-refractivity contribution in [2.24, 2.45) is 0 Å². The van der Waals surface area contributed by atoms with Crippen LogP contribution in [0.5, 0.6) is 0 Å². The molecule has 3 N–H and O–H groups in total. The number of nitrogens with zero attached hydrogens (tertiary/aromatic N) is 1. The van der Waals surface area contributed by atoms with Gasteiger partial charge in [-0.05, 0) is 65.1 Å². The van der Waals surface area contributed by atoms with E-state index in [1.165, 1.54) is 5.69 Å². The minimum atomic E-state index is 0.763. The molecule has 2 aromatic carbocycles. The van der Waals surface area contributed by atoms with Gasteiger partial charge in [-0.3, -0.25) is 0 Å². The van der Waals surface area contributed by atoms with Crippen LogP contribution in [-0.2, 0) is 4.74 Å². The molecule has 4 nitrogen and oxygen atoms in total. The van der Waals surface area contributed by atoms with E-state index in [9.17, 15) is 0 Å². The van der Waals surface area contributed by atoms with Crippen molar-refractivity contribution in [2.45, 2.75) is 0 Å².